The molecule has 0 spiro atoms. The summed E-state index contributed by atoms with van der Waals surface area (Å²) in [5.41, 5.74) is 0.902. The first-order valence-corrected chi connectivity index (χ1v) is 5.95. The van der Waals surface area contributed by atoms with Crippen molar-refractivity contribution < 1.29 is 9.47 Å². The highest BCUT2D eigenvalue weighted by Gasteiger charge is 2.20. The second-order valence-corrected chi connectivity index (χ2v) is 4.42. The van der Waals surface area contributed by atoms with Gasteiger partial charge < -0.3 is 14.8 Å². The zero-order valence-electron chi connectivity index (χ0n) is 10.6. The number of nitrogens with one attached hydrogen (secondary N) is 1. The SMILES string of the molecule is COc1cc(C)nc(NC2CCOC(C)C2)n1. The van der Waals surface area contributed by atoms with Gasteiger partial charge in [0, 0.05) is 24.4 Å². The van der Waals surface area contributed by atoms with Gasteiger partial charge in [0.25, 0.3) is 0 Å². The molecule has 1 aliphatic heterocycles. The summed E-state index contributed by atoms with van der Waals surface area (Å²) in [6, 6.07) is 2.20. The Kier molecular flexibility index (Phi) is 3.78. The summed E-state index contributed by atoms with van der Waals surface area (Å²) in [5, 5.41) is 3.34. The van der Waals surface area contributed by atoms with E-state index in [1.165, 1.54) is 0 Å². The molecule has 1 saturated heterocycles. The number of aryl methyl sites for hydroxylation is 1. The zero-order valence-corrected chi connectivity index (χ0v) is 10.6. The van der Waals surface area contributed by atoms with Crippen LogP contribution in [0.5, 0.6) is 5.88 Å². The number of hydrogen-bond acceptors (Lipinski definition) is 5. The first-order chi connectivity index (χ1) is 8.17. The van der Waals surface area contributed by atoms with Crippen molar-refractivity contribution in [1.29, 1.82) is 0 Å². The van der Waals surface area contributed by atoms with Crippen LogP contribution in [0.4, 0.5) is 5.95 Å². The molecule has 0 aliphatic carbocycles. The quantitative estimate of drug-likeness (QED) is 0.868. The normalized spacial score (nSPS) is 24.4. The Morgan fingerprint density at radius 1 is 1.47 bits per heavy atom. The standard InChI is InChI=1S/C12H19N3O2/c1-8-6-11(16-3)15-12(13-8)14-10-4-5-17-9(2)7-10/h6,9-10H,4-5,7H2,1-3H3,(H,13,14,15). The van der Waals surface area contributed by atoms with E-state index in [1.54, 1.807) is 7.11 Å². The summed E-state index contributed by atoms with van der Waals surface area (Å²) in [6.07, 6.45) is 2.27. The van der Waals surface area contributed by atoms with Gasteiger partial charge in [-0.25, -0.2) is 4.98 Å². The van der Waals surface area contributed by atoms with Crippen molar-refractivity contribution in [2.45, 2.75) is 38.8 Å². The van der Waals surface area contributed by atoms with Crippen LogP contribution in [-0.4, -0.2) is 35.8 Å². The Bertz CT molecular complexity index is 384. The van der Waals surface area contributed by atoms with Gasteiger partial charge in [-0.3, -0.25) is 0 Å². The van der Waals surface area contributed by atoms with Gasteiger partial charge in [-0.05, 0) is 26.7 Å². The molecule has 1 fully saturated rings. The van der Waals surface area contributed by atoms with Crippen LogP contribution in [0.15, 0.2) is 6.07 Å². The van der Waals surface area contributed by atoms with E-state index in [-0.39, 0.29) is 0 Å². The van der Waals surface area contributed by atoms with Crippen molar-refractivity contribution >= 4 is 5.95 Å². The van der Waals surface area contributed by atoms with Crippen molar-refractivity contribution in [2.24, 2.45) is 0 Å². The number of nitrogens with zero attached hydrogens (tertiary/aromatic N) is 2. The summed E-state index contributed by atoms with van der Waals surface area (Å²) >= 11 is 0. The molecular weight excluding hydrogens is 218 g/mol. The molecule has 2 heterocycles. The third-order valence-electron chi connectivity index (χ3n) is 2.86. The summed E-state index contributed by atoms with van der Waals surface area (Å²) < 4.78 is 10.6. The molecule has 2 atom stereocenters. The number of anilines is 1. The molecule has 0 saturated carbocycles. The van der Waals surface area contributed by atoms with E-state index < -0.39 is 0 Å². The average molecular weight is 237 g/mol. The highest BCUT2D eigenvalue weighted by molar-refractivity contribution is 5.31. The molecule has 5 heteroatoms. The number of ether oxygens (including phenoxy) is 2. The molecule has 0 bridgehead atoms. The van der Waals surface area contributed by atoms with E-state index in [1.807, 2.05) is 13.0 Å². The number of methoxy groups -OCH3 is 1. The molecule has 1 aromatic rings. The van der Waals surface area contributed by atoms with Crippen LogP contribution in [0.25, 0.3) is 0 Å². The lowest BCUT2D eigenvalue weighted by molar-refractivity contribution is 0.0231. The van der Waals surface area contributed by atoms with E-state index in [2.05, 4.69) is 22.2 Å². The molecule has 1 aromatic heterocycles. The van der Waals surface area contributed by atoms with Crippen molar-refractivity contribution in [3.8, 4) is 5.88 Å². The summed E-state index contributed by atoms with van der Waals surface area (Å²) in [4.78, 5) is 8.64. The highest BCUT2D eigenvalue weighted by Crippen LogP contribution is 2.18. The second kappa shape index (κ2) is 5.31. The molecule has 0 aromatic carbocycles. The van der Waals surface area contributed by atoms with Crippen molar-refractivity contribution in [3.05, 3.63) is 11.8 Å². The third kappa shape index (κ3) is 3.30. The first-order valence-electron chi connectivity index (χ1n) is 5.95. The van der Waals surface area contributed by atoms with Gasteiger partial charge in [0.2, 0.25) is 11.8 Å². The maximum Gasteiger partial charge on any atom is 0.226 e. The molecule has 0 amide bonds. The molecule has 1 N–H and O–H groups in total. The van der Waals surface area contributed by atoms with E-state index in [0.717, 1.165) is 25.1 Å². The predicted octanol–water partition coefficient (Wildman–Crippen LogP) is 1.77. The van der Waals surface area contributed by atoms with Crippen LogP contribution < -0.4 is 10.1 Å². The Balaban J connectivity index is 2.04. The fourth-order valence-electron chi connectivity index (χ4n) is 2.02. The fourth-order valence-corrected chi connectivity index (χ4v) is 2.02. The third-order valence-corrected chi connectivity index (χ3v) is 2.86. The lowest BCUT2D eigenvalue weighted by Crippen LogP contribution is -2.33. The monoisotopic (exact) mass is 237 g/mol. The van der Waals surface area contributed by atoms with Gasteiger partial charge in [0.15, 0.2) is 0 Å². The summed E-state index contributed by atoms with van der Waals surface area (Å²) in [5.74, 6) is 1.24. The molecule has 2 unspecified atom stereocenters. The van der Waals surface area contributed by atoms with Crippen LogP contribution >= 0.6 is 0 Å². The van der Waals surface area contributed by atoms with Gasteiger partial charge in [0.1, 0.15) is 0 Å². The second-order valence-electron chi connectivity index (χ2n) is 4.42. The van der Waals surface area contributed by atoms with Crippen LogP contribution in [0.1, 0.15) is 25.5 Å². The maximum atomic E-state index is 5.51. The van der Waals surface area contributed by atoms with Gasteiger partial charge >= 0.3 is 0 Å². The summed E-state index contributed by atoms with van der Waals surface area (Å²) in [7, 11) is 1.61. The van der Waals surface area contributed by atoms with Crippen LogP contribution in [0.2, 0.25) is 0 Å². The Morgan fingerprint density at radius 3 is 3.00 bits per heavy atom. The molecule has 94 valence electrons. The zero-order chi connectivity index (χ0) is 12.3. The number of rotatable bonds is 3. The maximum absolute atomic E-state index is 5.51. The van der Waals surface area contributed by atoms with E-state index >= 15 is 0 Å². The highest BCUT2D eigenvalue weighted by atomic mass is 16.5. The molecule has 2 rings (SSSR count). The molecule has 5 nitrogen and oxygen atoms in total. The predicted molar refractivity (Wildman–Crippen MR) is 65.4 cm³/mol. The smallest absolute Gasteiger partial charge is 0.226 e. The van der Waals surface area contributed by atoms with E-state index in [9.17, 15) is 0 Å². The van der Waals surface area contributed by atoms with E-state index in [0.29, 0.717) is 24.0 Å². The minimum Gasteiger partial charge on any atom is -0.481 e. The first kappa shape index (κ1) is 12.1. The molecule has 1 aliphatic rings. The average Bonchev–Trinajstić information content (AvgIpc) is 2.28. The lowest BCUT2D eigenvalue weighted by Gasteiger charge is -2.27. The molecule has 0 radical (unpaired) electrons. The van der Waals surface area contributed by atoms with E-state index in [4.69, 9.17) is 9.47 Å². The number of hydrogen-bond donors (Lipinski definition) is 1. The topological polar surface area (TPSA) is 56.3 Å². The minimum atomic E-state index is 0.299. The number of aromatic nitrogens is 2. The van der Waals surface area contributed by atoms with Gasteiger partial charge in [0.05, 0.1) is 13.2 Å². The Morgan fingerprint density at radius 2 is 2.29 bits per heavy atom. The largest absolute Gasteiger partial charge is 0.481 e. The van der Waals surface area contributed by atoms with Crippen LogP contribution in [0.3, 0.4) is 0 Å². The van der Waals surface area contributed by atoms with Crippen molar-refractivity contribution in [3.63, 3.8) is 0 Å². The fraction of sp³-hybridized carbons (Fsp3) is 0.667. The summed E-state index contributed by atoms with van der Waals surface area (Å²) in [6.45, 7) is 4.81. The van der Waals surface area contributed by atoms with Gasteiger partial charge in [-0.2, -0.15) is 4.98 Å². The minimum absolute atomic E-state index is 0.299. The van der Waals surface area contributed by atoms with Crippen LogP contribution in [-0.2, 0) is 4.74 Å². The lowest BCUT2D eigenvalue weighted by atomic mass is 10.0. The molecular formula is C12H19N3O2. The van der Waals surface area contributed by atoms with Gasteiger partial charge in [-0.1, -0.05) is 0 Å². The Hall–Kier alpha value is -1.36. The van der Waals surface area contributed by atoms with Crippen LogP contribution in [0, 0.1) is 6.92 Å². The van der Waals surface area contributed by atoms with Crippen molar-refractivity contribution in [1.82, 2.24) is 9.97 Å². The Labute approximate surface area is 102 Å². The van der Waals surface area contributed by atoms with Crippen molar-refractivity contribution in [2.75, 3.05) is 19.0 Å². The van der Waals surface area contributed by atoms with Gasteiger partial charge in [-0.15, -0.1) is 0 Å². The molecule has 17 heavy (non-hydrogen) atoms.